The third-order valence-electron chi connectivity index (χ3n) is 4.40. The summed E-state index contributed by atoms with van der Waals surface area (Å²) in [6.07, 6.45) is 1.72. The van der Waals surface area contributed by atoms with Gasteiger partial charge in [0.05, 0.1) is 14.2 Å². The van der Waals surface area contributed by atoms with Crippen molar-refractivity contribution in [3.05, 3.63) is 53.1 Å². The fraction of sp³-hybridized carbons (Fsp3) is 0.200. The number of esters is 2. The first-order chi connectivity index (χ1) is 13.3. The van der Waals surface area contributed by atoms with Gasteiger partial charge < -0.3 is 29.5 Å². The van der Waals surface area contributed by atoms with Crippen LogP contribution in [0.2, 0.25) is 0 Å². The average Bonchev–Trinajstić information content (AvgIpc) is 3.07. The summed E-state index contributed by atoms with van der Waals surface area (Å²) in [4.78, 5) is 23.8. The molecule has 2 aromatic carbocycles. The molecule has 3 rings (SSSR count). The van der Waals surface area contributed by atoms with Gasteiger partial charge in [-0.2, -0.15) is 0 Å². The number of aromatic hydroxyl groups is 3. The lowest BCUT2D eigenvalue weighted by Crippen LogP contribution is -2.20. The fourth-order valence-corrected chi connectivity index (χ4v) is 3.06. The number of carbonyl (C=O) groups is 2. The van der Waals surface area contributed by atoms with Crippen LogP contribution < -0.4 is 4.74 Å². The Bertz CT molecular complexity index is 963. The number of hydrogen-bond acceptors (Lipinski definition) is 8. The molecule has 1 aliphatic heterocycles. The number of benzene rings is 2. The maximum absolute atomic E-state index is 12.5. The minimum absolute atomic E-state index is 0.100. The standard InChI is InChI=1S/C20H18O8/c1-26-16(24)6-3-10-7-12-17(20(25)27-2)18(28-19(12)15(23)8-10)11-4-5-13(21)14(22)9-11/h3-9,17-18,21-23H,1-2H3/b6-3+/t17-,18+/m0/s1. The number of phenolic OH excluding ortho intramolecular Hbond substituents is 3. The average molecular weight is 386 g/mol. The van der Waals surface area contributed by atoms with Crippen LogP contribution in [0.5, 0.6) is 23.0 Å². The van der Waals surface area contributed by atoms with E-state index < -0.39 is 24.0 Å². The number of methoxy groups -OCH3 is 2. The smallest absolute Gasteiger partial charge is 0.330 e. The van der Waals surface area contributed by atoms with E-state index in [0.717, 1.165) is 0 Å². The van der Waals surface area contributed by atoms with Crippen LogP contribution >= 0.6 is 0 Å². The van der Waals surface area contributed by atoms with Gasteiger partial charge in [-0.1, -0.05) is 6.07 Å². The zero-order valence-corrected chi connectivity index (χ0v) is 15.1. The van der Waals surface area contributed by atoms with Gasteiger partial charge in [-0.15, -0.1) is 0 Å². The fourth-order valence-electron chi connectivity index (χ4n) is 3.06. The Morgan fingerprint density at radius 1 is 1.00 bits per heavy atom. The minimum Gasteiger partial charge on any atom is -0.504 e. The molecule has 146 valence electrons. The molecule has 0 radical (unpaired) electrons. The summed E-state index contributed by atoms with van der Waals surface area (Å²) in [5, 5.41) is 29.7. The lowest BCUT2D eigenvalue weighted by molar-refractivity contribution is -0.144. The van der Waals surface area contributed by atoms with Crippen molar-refractivity contribution in [1.82, 2.24) is 0 Å². The molecule has 0 unspecified atom stereocenters. The van der Waals surface area contributed by atoms with Gasteiger partial charge in [-0.25, -0.2) is 4.79 Å². The second-order valence-electron chi connectivity index (χ2n) is 6.10. The topological polar surface area (TPSA) is 123 Å². The van der Waals surface area contributed by atoms with E-state index in [1.165, 1.54) is 50.6 Å². The van der Waals surface area contributed by atoms with Gasteiger partial charge in [-0.05, 0) is 41.5 Å². The first kappa shape index (κ1) is 19.1. The molecule has 0 fully saturated rings. The maximum atomic E-state index is 12.5. The van der Waals surface area contributed by atoms with E-state index in [2.05, 4.69) is 4.74 Å². The molecule has 0 amide bonds. The highest BCUT2D eigenvalue weighted by Gasteiger charge is 2.43. The predicted octanol–water partition coefficient (Wildman–Crippen LogP) is 2.38. The molecule has 0 aliphatic carbocycles. The molecule has 0 spiro atoms. The van der Waals surface area contributed by atoms with Gasteiger partial charge in [0.2, 0.25) is 0 Å². The van der Waals surface area contributed by atoms with Crippen LogP contribution in [-0.4, -0.2) is 41.5 Å². The Balaban J connectivity index is 2.07. The SMILES string of the molecule is COC(=O)/C=C/c1cc(O)c2c(c1)[C@H](C(=O)OC)[C@@H](c1ccc(O)c(O)c1)O2. The van der Waals surface area contributed by atoms with Gasteiger partial charge >= 0.3 is 11.9 Å². The Hall–Kier alpha value is -3.68. The van der Waals surface area contributed by atoms with Crippen molar-refractivity contribution in [1.29, 1.82) is 0 Å². The zero-order valence-electron chi connectivity index (χ0n) is 15.1. The van der Waals surface area contributed by atoms with Crippen molar-refractivity contribution in [2.45, 2.75) is 12.0 Å². The predicted molar refractivity (Wildman–Crippen MR) is 97.1 cm³/mol. The molecule has 8 nitrogen and oxygen atoms in total. The number of phenols is 3. The Morgan fingerprint density at radius 3 is 2.39 bits per heavy atom. The van der Waals surface area contributed by atoms with Crippen molar-refractivity contribution in [3.8, 4) is 23.0 Å². The Labute approximate surface area is 160 Å². The van der Waals surface area contributed by atoms with Crippen LogP contribution in [0, 0.1) is 0 Å². The number of fused-ring (bicyclic) bond motifs is 1. The molecule has 2 aromatic rings. The van der Waals surface area contributed by atoms with Crippen molar-refractivity contribution < 1.29 is 39.1 Å². The molecule has 3 N–H and O–H groups in total. The highest BCUT2D eigenvalue weighted by Crippen LogP contribution is 2.51. The van der Waals surface area contributed by atoms with Crippen molar-refractivity contribution in [2.75, 3.05) is 14.2 Å². The van der Waals surface area contributed by atoms with Crippen LogP contribution in [0.15, 0.2) is 36.4 Å². The van der Waals surface area contributed by atoms with E-state index in [1.807, 2.05) is 0 Å². The maximum Gasteiger partial charge on any atom is 0.330 e. The van der Waals surface area contributed by atoms with Crippen LogP contribution in [0.4, 0.5) is 0 Å². The number of rotatable bonds is 4. The lowest BCUT2D eigenvalue weighted by Gasteiger charge is -2.18. The summed E-state index contributed by atoms with van der Waals surface area (Å²) >= 11 is 0. The number of carbonyl (C=O) groups excluding carboxylic acids is 2. The third-order valence-corrected chi connectivity index (χ3v) is 4.40. The van der Waals surface area contributed by atoms with Gasteiger partial charge in [-0.3, -0.25) is 4.79 Å². The highest BCUT2D eigenvalue weighted by molar-refractivity contribution is 5.88. The largest absolute Gasteiger partial charge is 0.504 e. The Morgan fingerprint density at radius 2 is 1.75 bits per heavy atom. The molecule has 0 aromatic heterocycles. The molecule has 0 saturated heterocycles. The van der Waals surface area contributed by atoms with Crippen LogP contribution in [0.3, 0.4) is 0 Å². The van der Waals surface area contributed by atoms with Crippen LogP contribution in [0.1, 0.15) is 28.7 Å². The van der Waals surface area contributed by atoms with E-state index in [9.17, 15) is 24.9 Å². The number of ether oxygens (including phenoxy) is 3. The highest BCUT2D eigenvalue weighted by atomic mass is 16.5. The Kier molecular flexibility index (Phi) is 5.12. The monoisotopic (exact) mass is 386 g/mol. The summed E-state index contributed by atoms with van der Waals surface area (Å²) in [7, 11) is 2.47. The first-order valence-electron chi connectivity index (χ1n) is 8.25. The van der Waals surface area contributed by atoms with E-state index in [4.69, 9.17) is 9.47 Å². The van der Waals surface area contributed by atoms with Crippen molar-refractivity contribution >= 4 is 18.0 Å². The van der Waals surface area contributed by atoms with Gasteiger partial charge in [0.1, 0.15) is 12.0 Å². The van der Waals surface area contributed by atoms with E-state index in [0.29, 0.717) is 16.7 Å². The molecule has 8 heteroatoms. The summed E-state index contributed by atoms with van der Waals surface area (Å²) in [5.74, 6) is -2.91. The lowest BCUT2D eigenvalue weighted by atomic mass is 9.90. The molecule has 1 aliphatic rings. The van der Waals surface area contributed by atoms with E-state index >= 15 is 0 Å². The molecular formula is C20H18O8. The molecule has 0 saturated carbocycles. The zero-order chi connectivity index (χ0) is 20.4. The van der Waals surface area contributed by atoms with E-state index in [1.54, 1.807) is 6.07 Å². The van der Waals surface area contributed by atoms with Gasteiger partial charge in [0.15, 0.2) is 23.0 Å². The quantitative estimate of drug-likeness (QED) is 0.416. The van der Waals surface area contributed by atoms with Crippen molar-refractivity contribution in [2.24, 2.45) is 0 Å². The normalized spacial score (nSPS) is 17.8. The second-order valence-corrected chi connectivity index (χ2v) is 6.10. The summed E-state index contributed by atoms with van der Waals surface area (Å²) in [6, 6.07) is 7.02. The van der Waals surface area contributed by atoms with Crippen LogP contribution in [-0.2, 0) is 19.1 Å². The second kappa shape index (κ2) is 7.51. The third kappa shape index (κ3) is 3.44. The molecule has 0 bridgehead atoms. The summed E-state index contributed by atoms with van der Waals surface area (Å²) < 4.78 is 15.2. The minimum atomic E-state index is -0.929. The van der Waals surface area contributed by atoms with E-state index in [-0.39, 0.29) is 23.0 Å². The first-order valence-corrected chi connectivity index (χ1v) is 8.25. The van der Waals surface area contributed by atoms with Crippen LogP contribution in [0.25, 0.3) is 6.08 Å². The molecule has 28 heavy (non-hydrogen) atoms. The molecular weight excluding hydrogens is 368 g/mol. The summed E-state index contributed by atoms with van der Waals surface area (Å²) in [5.41, 5.74) is 1.23. The van der Waals surface area contributed by atoms with Gasteiger partial charge in [0, 0.05) is 11.6 Å². The molecule has 2 atom stereocenters. The number of hydrogen-bond donors (Lipinski definition) is 3. The molecule has 1 heterocycles. The van der Waals surface area contributed by atoms with Crippen molar-refractivity contribution in [3.63, 3.8) is 0 Å². The summed E-state index contributed by atoms with van der Waals surface area (Å²) in [6.45, 7) is 0. The van der Waals surface area contributed by atoms with Gasteiger partial charge in [0.25, 0.3) is 0 Å².